The van der Waals surface area contributed by atoms with E-state index in [0.29, 0.717) is 16.6 Å². The van der Waals surface area contributed by atoms with Crippen LogP contribution in [-0.4, -0.2) is 18.4 Å². The number of halogens is 2. The van der Waals surface area contributed by atoms with E-state index in [-0.39, 0.29) is 25.0 Å². The summed E-state index contributed by atoms with van der Waals surface area (Å²) in [6.07, 6.45) is 0.109. The molecule has 1 aromatic rings. The molecule has 3 nitrogen and oxygen atoms in total. The molecule has 0 aromatic heterocycles. The molecule has 0 aliphatic rings. The summed E-state index contributed by atoms with van der Waals surface area (Å²) in [5.41, 5.74) is 0.332. The summed E-state index contributed by atoms with van der Waals surface area (Å²) in [4.78, 5) is 22.7. The molecule has 0 radical (unpaired) electrons. The Hall–Kier alpha value is -1.23. The number of carbonyl (C=O) groups is 2. The van der Waals surface area contributed by atoms with Gasteiger partial charge in [-0.05, 0) is 34.5 Å². The fraction of sp³-hybridized carbons (Fsp3) is 0.385. The molecule has 0 saturated carbocycles. The molecule has 0 unspecified atom stereocenters. The first-order chi connectivity index (χ1) is 8.54. The molecule has 0 aliphatic heterocycles. The highest BCUT2D eigenvalue weighted by atomic mass is 79.9. The van der Waals surface area contributed by atoms with Crippen molar-refractivity contribution in [3.63, 3.8) is 0 Å². The predicted octanol–water partition coefficient (Wildman–Crippen LogP) is 3.04. The van der Waals surface area contributed by atoms with Crippen LogP contribution in [0.15, 0.2) is 22.7 Å². The molecule has 0 bridgehead atoms. The van der Waals surface area contributed by atoms with E-state index in [4.69, 9.17) is 4.74 Å². The number of ketones is 1. The minimum absolute atomic E-state index is 0.00925. The third-order valence-corrected chi connectivity index (χ3v) is 2.94. The number of Topliss-reactive ketones (excluding diaryl/α,β-unsaturated/α-hetero) is 1. The van der Waals surface area contributed by atoms with Gasteiger partial charge in [0.25, 0.3) is 0 Å². The third-order valence-electron chi connectivity index (χ3n) is 2.33. The van der Waals surface area contributed by atoms with Gasteiger partial charge in [0.05, 0.1) is 17.5 Å². The third kappa shape index (κ3) is 4.56. The van der Waals surface area contributed by atoms with E-state index in [1.807, 2.05) is 0 Å². The van der Waals surface area contributed by atoms with Gasteiger partial charge in [0, 0.05) is 12.8 Å². The van der Waals surface area contributed by atoms with Crippen molar-refractivity contribution in [2.45, 2.75) is 26.2 Å². The monoisotopic (exact) mass is 316 g/mol. The van der Waals surface area contributed by atoms with E-state index >= 15 is 0 Å². The summed E-state index contributed by atoms with van der Waals surface area (Å²) in [7, 11) is 0. The number of carbonyl (C=O) groups excluding carboxylic acids is 2. The van der Waals surface area contributed by atoms with E-state index in [1.54, 1.807) is 25.1 Å². The minimum atomic E-state index is -0.429. The van der Waals surface area contributed by atoms with Crippen LogP contribution in [0.3, 0.4) is 0 Å². The molecule has 0 spiro atoms. The maximum absolute atomic E-state index is 13.6. The van der Waals surface area contributed by atoms with Crippen molar-refractivity contribution >= 4 is 27.7 Å². The van der Waals surface area contributed by atoms with Crippen LogP contribution >= 0.6 is 15.9 Å². The van der Waals surface area contributed by atoms with Crippen molar-refractivity contribution in [3.05, 3.63) is 34.1 Å². The summed E-state index contributed by atoms with van der Waals surface area (Å²) in [5, 5.41) is 0. The van der Waals surface area contributed by atoms with Crippen LogP contribution in [0.4, 0.5) is 4.39 Å². The second kappa shape index (κ2) is 7.26. The summed E-state index contributed by atoms with van der Waals surface area (Å²) in [6, 6.07) is 4.80. The van der Waals surface area contributed by atoms with Crippen LogP contribution in [0, 0.1) is 5.82 Å². The van der Waals surface area contributed by atoms with E-state index in [0.717, 1.165) is 0 Å². The minimum Gasteiger partial charge on any atom is -0.466 e. The Bertz CT molecular complexity index is 446. The molecule has 0 N–H and O–H groups in total. The van der Waals surface area contributed by atoms with Crippen molar-refractivity contribution in [2.24, 2.45) is 0 Å². The largest absolute Gasteiger partial charge is 0.466 e. The summed E-state index contributed by atoms with van der Waals surface area (Å²) in [5.74, 6) is -1.01. The molecule has 18 heavy (non-hydrogen) atoms. The topological polar surface area (TPSA) is 43.4 Å². The number of hydrogen-bond acceptors (Lipinski definition) is 3. The first-order valence-corrected chi connectivity index (χ1v) is 6.44. The molecular weight excluding hydrogens is 303 g/mol. The van der Waals surface area contributed by atoms with Gasteiger partial charge in [-0.25, -0.2) is 4.39 Å². The van der Waals surface area contributed by atoms with Crippen LogP contribution < -0.4 is 0 Å². The molecular formula is C13H14BrFO3. The van der Waals surface area contributed by atoms with Crippen molar-refractivity contribution in [2.75, 3.05) is 6.61 Å². The highest BCUT2D eigenvalue weighted by Gasteiger charge is 2.12. The maximum atomic E-state index is 13.6. The first kappa shape index (κ1) is 14.8. The van der Waals surface area contributed by atoms with E-state index in [1.165, 1.54) is 0 Å². The van der Waals surface area contributed by atoms with Crippen molar-refractivity contribution in [1.29, 1.82) is 0 Å². The van der Waals surface area contributed by atoms with Gasteiger partial charge in [0.1, 0.15) is 11.6 Å². The van der Waals surface area contributed by atoms with E-state index < -0.39 is 11.8 Å². The molecule has 1 aromatic carbocycles. The van der Waals surface area contributed by atoms with Crippen molar-refractivity contribution in [1.82, 2.24) is 0 Å². The smallest absolute Gasteiger partial charge is 0.306 e. The fourth-order valence-electron chi connectivity index (χ4n) is 1.46. The van der Waals surface area contributed by atoms with Crippen LogP contribution in [0.1, 0.15) is 25.3 Å². The summed E-state index contributed by atoms with van der Waals surface area (Å²) < 4.78 is 18.6. The lowest BCUT2D eigenvalue weighted by Gasteiger charge is -2.04. The average molecular weight is 317 g/mol. The van der Waals surface area contributed by atoms with E-state index in [9.17, 15) is 14.0 Å². The molecule has 5 heteroatoms. The zero-order valence-corrected chi connectivity index (χ0v) is 11.6. The van der Waals surface area contributed by atoms with Crippen LogP contribution in [-0.2, 0) is 20.7 Å². The Balaban J connectivity index is 2.50. The number of benzene rings is 1. The van der Waals surface area contributed by atoms with Gasteiger partial charge in [-0.3, -0.25) is 9.59 Å². The molecule has 0 amide bonds. The summed E-state index contributed by atoms with van der Waals surface area (Å²) in [6.45, 7) is 2.00. The SMILES string of the molecule is CCOC(=O)CCC(=O)Cc1cccc(Br)c1F. The number of hydrogen-bond donors (Lipinski definition) is 0. The Morgan fingerprint density at radius 1 is 1.33 bits per heavy atom. The van der Waals surface area contributed by atoms with Crippen LogP contribution in [0.25, 0.3) is 0 Å². The Morgan fingerprint density at radius 3 is 2.72 bits per heavy atom. The van der Waals surface area contributed by atoms with Gasteiger partial charge < -0.3 is 4.74 Å². The maximum Gasteiger partial charge on any atom is 0.306 e. The molecule has 0 aliphatic carbocycles. The Morgan fingerprint density at radius 2 is 2.06 bits per heavy atom. The van der Waals surface area contributed by atoms with Gasteiger partial charge in [-0.15, -0.1) is 0 Å². The first-order valence-electron chi connectivity index (χ1n) is 5.64. The average Bonchev–Trinajstić information content (AvgIpc) is 2.33. The standard InChI is InChI=1S/C13H14BrFO3/c1-2-18-12(17)7-6-10(16)8-9-4-3-5-11(14)13(9)15/h3-5H,2,6-8H2,1H3. The molecule has 0 fully saturated rings. The molecule has 0 saturated heterocycles. The normalized spacial score (nSPS) is 10.2. The number of ether oxygens (including phenoxy) is 1. The fourth-order valence-corrected chi connectivity index (χ4v) is 1.87. The lowest BCUT2D eigenvalue weighted by Crippen LogP contribution is -2.10. The lowest BCUT2D eigenvalue weighted by atomic mass is 10.1. The van der Waals surface area contributed by atoms with Crippen molar-refractivity contribution < 1.29 is 18.7 Å². The molecule has 0 heterocycles. The molecule has 98 valence electrons. The van der Waals surface area contributed by atoms with Gasteiger partial charge in [0.15, 0.2) is 0 Å². The zero-order chi connectivity index (χ0) is 13.5. The van der Waals surface area contributed by atoms with Crippen LogP contribution in [0.2, 0.25) is 0 Å². The number of esters is 1. The molecule has 1 rings (SSSR count). The lowest BCUT2D eigenvalue weighted by molar-refractivity contribution is -0.144. The Labute approximate surface area is 113 Å². The number of rotatable bonds is 6. The van der Waals surface area contributed by atoms with Gasteiger partial charge in [-0.1, -0.05) is 12.1 Å². The zero-order valence-electron chi connectivity index (χ0n) is 10.0. The summed E-state index contributed by atoms with van der Waals surface area (Å²) >= 11 is 3.06. The van der Waals surface area contributed by atoms with Gasteiger partial charge in [0.2, 0.25) is 0 Å². The molecule has 0 atom stereocenters. The quantitative estimate of drug-likeness (QED) is 0.758. The van der Waals surface area contributed by atoms with Crippen LogP contribution in [0.5, 0.6) is 0 Å². The van der Waals surface area contributed by atoms with Gasteiger partial charge in [-0.2, -0.15) is 0 Å². The second-order valence-electron chi connectivity index (χ2n) is 3.73. The van der Waals surface area contributed by atoms with E-state index in [2.05, 4.69) is 15.9 Å². The Kier molecular flexibility index (Phi) is 5.98. The second-order valence-corrected chi connectivity index (χ2v) is 4.59. The van der Waals surface area contributed by atoms with Gasteiger partial charge >= 0.3 is 5.97 Å². The highest BCUT2D eigenvalue weighted by molar-refractivity contribution is 9.10. The highest BCUT2D eigenvalue weighted by Crippen LogP contribution is 2.19. The van der Waals surface area contributed by atoms with Crippen molar-refractivity contribution in [3.8, 4) is 0 Å². The predicted molar refractivity (Wildman–Crippen MR) is 68.7 cm³/mol.